The molecule has 10 heteroatoms. The van der Waals surface area contributed by atoms with Crippen molar-refractivity contribution in [1.29, 1.82) is 0 Å². The Hall–Kier alpha value is -8.24. The maximum atomic E-state index is 6.78. The first-order valence-electron chi connectivity index (χ1n) is 26.1. The standard InChI is InChI=1S/C64H62N8O2/c1-63(2,3)45-33-51(71-43-69(59-21-7-9-23-61(59)71)49-19-15-17-47(37-49)67-29-11-12-30-67)39-55(35-45)73-53-25-27-65-57(41-53)58-42-54(26-28-66-58)74-56-36-46(64(4,5)6)34-52(40-56)72-44-70(60-22-8-10-24-62(60)72)50-20-16-18-48(38-50)68-31-13-14-32-68/h7-10,15-28,33-42H,11-14,29-32H2,1-6H3. The van der Waals surface area contributed by atoms with Crippen molar-refractivity contribution in [2.75, 3.05) is 36.0 Å². The second-order valence-electron chi connectivity index (χ2n) is 21.8. The highest BCUT2D eigenvalue weighted by Crippen LogP contribution is 2.36. The van der Waals surface area contributed by atoms with Crippen LogP contribution in [0.15, 0.2) is 170 Å². The number of benzene rings is 6. The fourth-order valence-corrected chi connectivity index (χ4v) is 10.4. The third-order valence-corrected chi connectivity index (χ3v) is 14.5. The molecule has 0 amide bonds. The van der Waals surface area contributed by atoms with Gasteiger partial charge in [0, 0.05) is 62.1 Å². The highest BCUT2D eigenvalue weighted by molar-refractivity contribution is 5.76. The van der Waals surface area contributed by atoms with Gasteiger partial charge in [0.2, 0.25) is 0 Å². The molecule has 6 heterocycles. The summed E-state index contributed by atoms with van der Waals surface area (Å²) in [6.07, 6.45) is 15.9. The number of ether oxygens (including phenoxy) is 2. The summed E-state index contributed by atoms with van der Waals surface area (Å²) in [5.74, 6) is 2.72. The van der Waals surface area contributed by atoms with Crippen molar-refractivity contribution < 1.29 is 18.6 Å². The lowest BCUT2D eigenvalue weighted by Crippen LogP contribution is -2.30. The number of hydrogen-bond donors (Lipinski definition) is 0. The third-order valence-electron chi connectivity index (χ3n) is 14.5. The molecule has 10 nitrogen and oxygen atoms in total. The fraction of sp³-hybridized carbons (Fsp3) is 0.250. The predicted molar refractivity (Wildman–Crippen MR) is 295 cm³/mol. The van der Waals surface area contributed by atoms with Gasteiger partial charge in [-0.1, -0.05) is 102 Å². The number of fused-ring (bicyclic) bond motifs is 2. The minimum Gasteiger partial charge on any atom is -0.458 e. The van der Waals surface area contributed by atoms with Crippen molar-refractivity contribution in [2.24, 2.45) is 0 Å². The molecule has 2 fully saturated rings. The largest absolute Gasteiger partial charge is 0.458 e. The number of pyridine rings is 2. The van der Waals surface area contributed by atoms with Crippen LogP contribution >= 0.6 is 0 Å². The van der Waals surface area contributed by atoms with E-state index in [9.17, 15) is 0 Å². The SMILES string of the molecule is CC(C)(C)c1cc(Oc2ccnc(-c3cc(Oc4cc(-[n+]5[c-]n(-c6cccc(N7CCCC7)c6)c6ccccc65)cc(C(C)(C)C)c4)ccn3)c2)cc(-[n+]2[c-]n(-c3cccc(N4CCCC4)c3)c3ccccc32)c1. The molecule has 0 N–H and O–H groups in total. The monoisotopic (exact) mass is 974 g/mol. The van der Waals surface area contributed by atoms with Crippen LogP contribution in [0.4, 0.5) is 11.4 Å². The van der Waals surface area contributed by atoms with E-state index in [0.717, 1.165) is 82.1 Å². The molecule has 2 saturated heterocycles. The fourth-order valence-electron chi connectivity index (χ4n) is 10.4. The van der Waals surface area contributed by atoms with Crippen LogP contribution in [0.25, 0.3) is 56.2 Å². The molecule has 12 rings (SSSR count). The molecule has 6 aromatic carbocycles. The van der Waals surface area contributed by atoms with Gasteiger partial charge in [-0.2, -0.15) is 0 Å². The van der Waals surface area contributed by atoms with Crippen molar-refractivity contribution in [1.82, 2.24) is 19.1 Å². The van der Waals surface area contributed by atoms with Crippen LogP contribution < -0.4 is 28.4 Å². The van der Waals surface area contributed by atoms with Gasteiger partial charge in [-0.05, 0) is 133 Å². The Morgan fingerprint density at radius 3 is 1.24 bits per heavy atom. The summed E-state index contributed by atoms with van der Waals surface area (Å²) in [6, 6.07) is 55.3. The van der Waals surface area contributed by atoms with Gasteiger partial charge in [0.1, 0.15) is 23.0 Å². The van der Waals surface area contributed by atoms with Gasteiger partial charge in [0.15, 0.2) is 0 Å². The molecule has 2 aliphatic rings. The average molecular weight is 975 g/mol. The van der Waals surface area contributed by atoms with Crippen LogP contribution in [0, 0.1) is 12.7 Å². The molecule has 2 aliphatic heterocycles. The third kappa shape index (κ3) is 9.36. The van der Waals surface area contributed by atoms with E-state index in [1.807, 2.05) is 24.3 Å². The Labute approximate surface area is 434 Å². The summed E-state index contributed by atoms with van der Waals surface area (Å²) < 4.78 is 22.2. The molecule has 4 aromatic heterocycles. The van der Waals surface area contributed by atoms with Gasteiger partial charge in [-0.3, -0.25) is 28.2 Å². The molecular formula is C64H62N8O2. The van der Waals surface area contributed by atoms with Gasteiger partial charge in [0.25, 0.3) is 12.7 Å². The number of nitrogens with zero attached hydrogens (tertiary/aromatic N) is 8. The average Bonchev–Trinajstić information content (AvgIpc) is 4.26. The van der Waals surface area contributed by atoms with Crippen LogP contribution in [0.5, 0.6) is 23.0 Å². The smallest absolute Gasteiger partial charge is 0.269 e. The first-order chi connectivity index (χ1) is 35.9. The number of anilines is 2. The summed E-state index contributed by atoms with van der Waals surface area (Å²) in [6.45, 7) is 17.8. The Morgan fingerprint density at radius 1 is 0.419 bits per heavy atom. The quantitative estimate of drug-likeness (QED) is 0.0950. The van der Waals surface area contributed by atoms with Crippen LogP contribution in [0.3, 0.4) is 0 Å². The molecule has 0 saturated carbocycles. The number of imidazole rings is 2. The lowest BCUT2D eigenvalue weighted by molar-refractivity contribution is -0.572. The van der Waals surface area contributed by atoms with Gasteiger partial charge >= 0.3 is 0 Å². The molecule has 0 aliphatic carbocycles. The number of aromatic nitrogens is 6. The van der Waals surface area contributed by atoms with E-state index in [0.29, 0.717) is 34.4 Å². The van der Waals surface area contributed by atoms with E-state index in [2.05, 4.69) is 216 Å². The Balaban J connectivity index is 0.846. The Kier molecular flexibility index (Phi) is 12.0. The first kappa shape index (κ1) is 46.8. The van der Waals surface area contributed by atoms with E-state index in [4.69, 9.17) is 19.4 Å². The van der Waals surface area contributed by atoms with E-state index in [-0.39, 0.29) is 10.8 Å². The molecule has 0 unspecified atom stereocenters. The van der Waals surface area contributed by atoms with Crippen molar-refractivity contribution >= 4 is 33.4 Å². The number of para-hydroxylation sites is 4. The van der Waals surface area contributed by atoms with Crippen molar-refractivity contribution in [3.8, 4) is 57.1 Å². The zero-order valence-corrected chi connectivity index (χ0v) is 43.2. The normalized spacial score (nSPS) is 14.1. The second-order valence-corrected chi connectivity index (χ2v) is 21.8. The van der Waals surface area contributed by atoms with Gasteiger partial charge < -0.3 is 19.3 Å². The van der Waals surface area contributed by atoms with E-state index < -0.39 is 0 Å². The lowest BCUT2D eigenvalue weighted by atomic mass is 9.86. The molecule has 0 atom stereocenters. The maximum Gasteiger partial charge on any atom is 0.269 e. The second kappa shape index (κ2) is 19.0. The molecule has 74 heavy (non-hydrogen) atoms. The van der Waals surface area contributed by atoms with Gasteiger partial charge in [-0.25, -0.2) is 0 Å². The molecule has 10 aromatic rings. The highest BCUT2D eigenvalue weighted by Gasteiger charge is 2.23. The van der Waals surface area contributed by atoms with Crippen molar-refractivity contribution in [3.05, 3.63) is 194 Å². The zero-order chi connectivity index (χ0) is 50.6. The highest BCUT2D eigenvalue weighted by atomic mass is 16.5. The molecule has 0 radical (unpaired) electrons. The number of rotatable bonds is 11. The van der Waals surface area contributed by atoms with E-state index in [1.54, 1.807) is 12.4 Å². The predicted octanol–water partition coefficient (Wildman–Crippen LogP) is 13.6. The maximum absolute atomic E-state index is 6.78. The summed E-state index contributed by atoms with van der Waals surface area (Å²) in [4.78, 5) is 14.5. The summed E-state index contributed by atoms with van der Waals surface area (Å²) in [7, 11) is 0. The minimum atomic E-state index is -0.159. The van der Waals surface area contributed by atoms with E-state index >= 15 is 0 Å². The summed E-state index contributed by atoms with van der Waals surface area (Å²) in [5, 5.41) is 0. The molecule has 370 valence electrons. The van der Waals surface area contributed by atoms with Gasteiger partial charge in [-0.15, -0.1) is 0 Å². The zero-order valence-electron chi connectivity index (χ0n) is 43.2. The Morgan fingerprint density at radius 2 is 0.824 bits per heavy atom. The minimum absolute atomic E-state index is 0.159. The van der Waals surface area contributed by atoms with Crippen molar-refractivity contribution in [2.45, 2.75) is 78.1 Å². The van der Waals surface area contributed by atoms with Crippen LogP contribution in [-0.4, -0.2) is 45.3 Å². The lowest BCUT2D eigenvalue weighted by Gasteiger charge is -2.22. The van der Waals surface area contributed by atoms with Crippen LogP contribution in [0.1, 0.15) is 78.4 Å². The van der Waals surface area contributed by atoms with Gasteiger partial charge in [0.05, 0.1) is 56.2 Å². The summed E-state index contributed by atoms with van der Waals surface area (Å²) in [5.41, 5.74) is 14.1. The summed E-state index contributed by atoms with van der Waals surface area (Å²) >= 11 is 0. The topological polar surface area (TPSA) is 68.3 Å². The first-order valence-corrected chi connectivity index (χ1v) is 26.1. The van der Waals surface area contributed by atoms with Crippen molar-refractivity contribution in [3.63, 3.8) is 0 Å². The van der Waals surface area contributed by atoms with E-state index in [1.165, 1.54) is 37.1 Å². The molecule has 0 spiro atoms. The van der Waals surface area contributed by atoms with Crippen LogP contribution in [-0.2, 0) is 10.8 Å². The molecule has 0 bridgehead atoms. The van der Waals surface area contributed by atoms with Crippen LogP contribution in [0.2, 0.25) is 0 Å². The Bertz CT molecular complexity index is 3450. The number of hydrogen-bond acceptors (Lipinski definition) is 6. The molecular weight excluding hydrogens is 913 g/mol.